The van der Waals surface area contributed by atoms with Gasteiger partial charge in [-0.15, -0.1) is 0 Å². The van der Waals surface area contributed by atoms with Crippen molar-refractivity contribution in [3.63, 3.8) is 0 Å². The summed E-state index contributed by atoms with van der Waals surface area (Å²) >= 11 is 0. The third-order valence-corrected chi connectivity index (χ3v) is 3.11. The molecule has 1 aliphatic rings. The van der Waals surface area contributed by atoms with Gasteiger partial charge in [0.15, 0.2) is 5.37 Å². The molecule has 0 aromatic heterocycles. The molecule has 1 unspecified atom stereocenters. The average Bonchev–Trinajstić information content (AvgIpc) is 2.17. The summed E-state index contributed by atoms with van der Waals surface area (Å²) in [7, 11) is -4.31. The van der Waals surface area contributed by atoms with E-state index in [-0.39, 0.29) is 5.76 Å². The molecule has 6 heteroatoms. The van der Waals surface area contributed by atoms with E-state index in [1.807, 2.05) is 6.92 Å². The van der Waals surface area contributed by atoms with Gasteiger partial charge in [0, 0.05) is 17.3 Å². The van der Waals surface area contributed by atoms with Crippen LogP contribution in [-0.4, -0.2) is 23.5 Å². The van der Waals surface area contributed by atoms with Gasteiger partial charge < -0.3 is 10.4 Å². The zero-order chi connectivity index (χ0) is 11.9. The van der Waals surface area contributed by atoms with E-state index < -0.39 is 15.5 Å². The van der Waals surface area contributed by atoms with Crippen molar-refractivity contribution in [2.24, 2.45) is 0 Å². The number of aliphatic hydroxyl groups is 1. The minimum Gasteiger partial charge on any atom is -0.507 e. The SMILES string of the molecule is Cc1ccc2c(c1)C(O)=[C]C(S(=O)(=O)O)N2. The van der Waals surface area contributed by atoms with Crippen LogP contribution in [0.5, 0.6) is 0 Å². The van der Waals surface area contributed by atoms with Gasteiger partial charge in [-0.3, -0.25) is 4.55 Å². The first-order valence-electron chi connectivity index (χ1n) is 4.54. The highest BCUT2D eigenvalue weighted by Gasteiger charge is 2.27. The van der Waals surface area contributed by atoms with Crippen LogP contribution in [0.25, 0.3) is 5.76 Å². The molecule has 1 aliphatic heterocycles. The van der Waals surface area contributed by atoms with E-state index >= 15 is 0 Å². The number of hydrogen-bond acceptors (Lipinski definition) is 4. The van der Waals surface area contributed by atoms with Crippen LogP contribution in [-0.2, 0) is 10.1 Å². The smallest absolute Gasteiger partial charge is 0.290 e. The largest absolute Gasteiger partial charge is 0.507 e. The molecule has 2 rings (SSSR count). The summed E-state index contributed by atoms with van der Waals surface area (Å²) < 4.78 is 30.7. The van der Waals surface area contributed by atoms with Crippen molar-refractivity contribution < 1.29 is 18.1 Å². The Hall–Kier alpha value is -1.53. The normalized spacial score (nSPS) is 19.6. The summed E-state index contributed by atoms with van der Waals surface area (Å²) in [5.41, 5.74) is 1.85. The van der Waals surface area contributed by atoms with Crippen molar-refractivity contribution in [3.8, 4) is 0 Å². The van der Waals surface area contributed by atoms with Crippen LogP contribution < -0.4 is 5.32 Å². The molecule has 0 saturated heterocycles. The predicted molar refractivity (Wildman–Crippen MR) is 59.4 cm³/mol. The van der Waals surface area contributed by atoms with E-state index in [1.54, 1.807) is 18.2 Å². The number of nitrogens with one attached hydrogen (secondary N) is 1. The number of rotatable bonds is 1. The molecule has 85 valence electrons. The Bertz CT molecular complexity index is 562. The molecule has 16 heavy (non-hydrogen) atoms. The van der Waals surface area contributed by atoms with Crippen LogP contribution >= 0.6 is 0 Å². The molecule has 0 amide bonds. The van der Waals surface area contributed by atoms with Crippen LogP contribution in [0.15, 0.2) is 18.2 Å². The predicted octanol–water partition coefficient (Wildman–Crippen LogP) is 1.34. The van der Waals surface area contributed by atoms with Gasteiger partial charge >= 0.3 is 0 Å². The highest BCUT2D eigenvalue weighted by molar-refractivity contribution is 7.86. The van der Waals surface area contributed by atoms with Crippen molar-refractivity contribution in [1.82, 2.24) is 0 Å². The standard InChI is InChI=1S/C10H10NO4S/c1-6-2-3-8-7(4-6)9(12)5-10(11-8)16(13,14)15/h2-4,10-12H,1H3,(H,13,14,15). The topological polar surface area (TPSA) is 86.6 Å². The second-order valence-electron chi connectivity index (χ2n) is 3.58. The first-order chi connectivity index (χ1) is 7.38. The van der Waals surface area contributed by atoms with Gasteiger partial charge in [-0.2, -0.15) is 8.42 Å². The van der Waals surface area contributed by atoms with E-state index in [9.17, 15) is 13.5 Å². The first-order valence-corrected chi connectivity index (χ1v) is 6.04. The Morgan fingerprint density at radius 2 is 2.12 bits per heavy atom. The molecule has 1 radical (unpaired) electrons. The fraction of sp³-hybridized carbons (Fsp3) is 0.200. The highest BCUT2D eigenvalue weighted by Crippen LogP contribution is 2.29. The Balaban J connectivity index is 2.51. The third-order valence-electron chi connectivity index (χ3n) is 2.28. The molecule has 1 aromatic rings. The lowest BCUT2D eigenvalue weighted by molar-refractivity contribution is 0.472. The van der Waals surface area contributed by atoms with Crippen molar-refractivity contribution in [2.75, 3.05) is 5.32 Å². The number of anilines is 1. The summed E-state index contributed by atoms with van der Waals surface area (Å²) in [6, 6.07) is 5.11. The number of benzene rings is 1. The van der Waals surface area contributed by atoms with E-state index in [0.29, 0.717) is 11.3 Å². The van der Waals surface area contributed by atoms with Crippen molar-refractivity contribution >= 4 is 21.6 Å². The van der Waals surface area contributed by atoms with E-state index in [1.165, 1.54) is 0 Å². The average molecular weight is 240 g/mol. The maximum Gasteiger partial charge on any atom is 0.290 e. The fourth-order valence-electron chi connectivity index (χ4n) is 1.51. The van der Waals surface area contributed by atoms with Crippen LogP contribution in [0.3, 0.4) is 0 Å². The Kier molecular flexibility index (Phi) is 2.40. The molecule has 1 aromatic carbocycles. The number of aliphatic hydroxyl groups excluding tert-OH is 1. The number of hydrogen-bond donors (Lipinski definition) is 3. The lowest BCUT2D eigenvalue weighted by Crippen LogP contribution is -2.30. The summed E-state index contributed by atoms with van der Waals surface area (Å²) in [5, 5.41) is 10.7. The van der Waals surface area contributed by atoms with Gasteiger partial charge in [0.2, 0.25) is 0 Å². The molecular weight excluding hydrogens is 230 g/mol. The molecule has 1 atom stereocenters. The quantitative estimate of drug-likeness (QED) is 0.645. The van der Waals surface area contributed by atoms with Gasteiger partial charge in [0.25, 0.3) is 10.1 Å². The molecular formula is C10H10NO4S. The van der Waals surface area contributed by atoms with E-state index in [4.69, 9.17) is 4.55 Å². The maximum atomic E-state index is 10.9. The Morgan fingerprint density at radius 1 is 1.44 bits per heavy atom. The van der Waals surface area contributed by atoms with E-state index in [2.05, 4.69) is 11.4 Å². The number of aryl methyl sites for hydroxylation is 1. The zero-order valence-corrected chi connectivity index (χ0v) is 9.25. The second kappa shape index (κ2) is 3.50. The van der Waals surface area contributed by atoms with Crippen LogP contribution in [0.4, 0.5) is 5.69 Å². The highest BCUT2D eigenvalue weighted by atomic mass is 32.2. The molecule has 0 saturated carbocycles. The Morgan fingerprint density at radius 3 is 2.75 bits per heavy atom. The molecule has 0 bridgehead atoms. The van der Waals surface area contributed by atoms with Gasteiger partial charge in [-0.1, -0.05) is 11.6 Å². The summed E-state index contributed by atoms with van der Waals surface area (Å²) in [6.07, 6.45) is 2.26. The van der Waals surface area contributed by atoms with Gasteiger partial charge in [-0.25, -0.2) is 0 Å². The molecule has 3 N–H and O–H groups in total. The lowest BCUT2D eigenvalue weighted by Gasteiger charge is -2.21. The van der Waals surface area contributed by atoms with Crippen molar-refractivity contribution in [3.05, 3.63) is 35.4 Å². The van der Waals surface area contributed by atoms with Crippen molar-refractivity contribution in [2.45, 2.75) is 12.3 Å². The zero-order valence-electron chi connectivity index (χ0n) is 8.43. The van der Waals surface area contributed by atoms with Gasteiger partial charge in [0.1, 0.15) is 5.76 Å². The van der Waals surface area contributed by atoms with Crippen molar-refractivity contribution in [1.29, 1.82) is 0 Å². The van der Waals surface area contributed by atoms with Gasteiger partial charge in [0.05, 0.1) is 0 Å². The van der Waals surface area contributed by atoms with Crippen LogP contribution in [0.1, 0.15) is 11.1 Å². The third kappa shape index (κ3) is 1.89. The first kappa shape index (κ1) is 11.0. The van der Waals surface area contributed by atoms with E-state index in [0.717, 1.165) is 5.56 Å². The van der Waals surface area contributed by atoms with Crippen LogP contribution in [0.2, 0.25) is 0 Å². The summed E-state index contributed by atoms with van der Waals surface area (Å²) in [4.78, 5) is 0. The summed E-state index contributed by atoms with van der Waals surface area (Å²) in [5.74, 6) is -0.278. The minimum atomic E-state index is -4.31. The van der Waals surface area contributed by atoms with Gasteiger partial charge in [-0.05, 0) is 19.1 Å². The lowest BCUT2D eigenvalue weighted by atomic mass is 10.0. The maximum absolute atomic E-state index is 10.9. The molecule has 0 spiro atoms. The number of fused-ring (bicyclic) bond motifs is 1. The molecule has 0 fully saturated rings. The van der Waals surface area contributed by atoms with Crippen LogP contribution in [0, 0.1) is 13.0 Å². The molecule has 0 aliphatic carbocycles. The molecule has 1 heterocycles. The monoisotopic (exact) mass is 240 g/mol. The summed E-state index contributed by atoms with van der Waals surface area (Å²) in [6.45, 7) is 1.85. The minimum absolute atomic E-state index is 0.278. The second-order valence-corrected chi connectivity index (χ2v) is 5.08. The fourth-order valence-corrected chi connectivity index (χ4v) is 2.04. The Labute approximate surface area is 93.2 Å². The molecule has 5 nitrogen and oxygen atoms in total.